The van der Waals surface area contributed by atoms with Gasteiger partial charge in [-0.2, -0.15) is 0 Å². The lowest BCUT2D eigenvalue weighted by atomic mass is 10.0. The van der Waals surface area contributed by atoms with Crippen molar-refractivity contribution in [1.29, 1.82) is 0 Å². The lowest BCUT2D eigenvalue weighted by molar-refractivity contribution is -0.118. The van der Waals surface area contributed by atoms with Crippen LogP contribution in [0.5, 0.6) is 0 Å². The van der Waals surface area contributed by atoms with E-state index in [0.717, 1.165) is 0 Å². The Morgan fingerprint density at radius 3 is 2.56 bits per heavy atom. The van der Waals surface area contributed by atoms with Crippen LogP contribution in [0.2, 0.25) is 0 Å². The number of nitrogens with one attached hydrogen (secondary N) is 2. The van der Waals surface area contributed by atoms with Gasteiger partial charge in [0.15, 0.2) is 5.13 Å². The molecule has 2 amide bonds. The Kier molecular flexibility index (Phi) is 6.24. The second kappa shape index (κ2) is 8.39. The molecule has 132 valence electrons. The van der Waals surface area contributed by atoms with Crippen LogP contribution in [-0.2, 0) is 4.79 Å². The van der Waals surface area contributed by atoms with Crippen molar-refractivity contribution in [3.63, 3.8) is 0 Å². The summed E-state index contributed by atoms with van der Waals surface area (Å²) in [5, 5.41) is 16.6. The van der Waals surface area contributed by atoms with Gasteiger partial charge in [-0.05, 0) is 30.5 Å². The first-order valence-corrected chi connectivity index (χ1v) is 8.59. The zero-order valence-corrected chi connectivity index (χ0v) is 14.7. The van der Waals surface area contributed by atoms with Crippen LogP contribution in [0, 0.1) is 5.92 Å². The quantitative estimate of drug-likeness (QED) is 0.702. The Hall–Kier alpha value is -2.74. The first kappa shape index (κ1) is 18.6. The normalized spacial score (nSPS) is 11.8. The lowest BCUT2D eigenvalue weighted by Crippen LogP contribution is -2.44. The molecule has 0 spiro atoms. The molecule has 0 bridgehead atoms. The number of amides is 2. The van der Waals surface area contributed by atoms with Gasteiger partial charge in [-0.25, -0.2) is 9.78 Å². The number of carbonyl (C=O) groups is 3. The fraction of sp³-hybridized carbons (Fsp3) is 0.294. The van der Waals surface area contributed by atoms with Gasteiger partial charge < -0.3 is 15.7 Å². The molecule has 8 heteroatoms. The first-order valence-electron chi connectivity index (χ1n) is 7.71. The molecule has 3 N–H and O–H groups in total. The van der Waals surface area contributed by atoms with E-state index in [-0.39, 0.29) is 23.0 Å². The summed E-state index contributed by atoms with van der Waals surface area (Å²) in [4.78, 5) is 39.9. The predicted molar refractivity (Wildman–Crippen MR) is 94.9 cm³/mol. The number of thiazole rings is 1. The van der Waals surface area contributed by atoms with Gasteiger partial charge in [-0.3, -0.25) is 9.59 Å². The molecule has 0 aliphatic carbocycles. The van der Waals surface area contributed by atoms with Gasteiger partial charge in [-0.1, -0.05) is 19.9 Å². The van der Waals surface area contributed by atoms with Crippen LogP contribution in [0.4, 0.5) is 5.13 Å². The maximum absolute atomic E-state index is 12.4. The number of benzene rings is 1. The third-order valence-corrected chi connectivity index (χ3v) is 4.05. The molecule has 0 fully saturated rings. The third kappa shape index (κ3) is 5.39. The van der Waals surface area contributed by atoms with Crippen LogP contribution < -0.4 is 10.6 Å². The average molecular weight is 361 g/mol. The molecule has 0 aliphatic heterocycles. The Bertz CT molecular complexity index is 759. The number of nitrogens with zero attached hydrogens (tertiary/aromatic N) is 1. The van der Waals surface area contributed by atoms with Crippen molar-refractivity contribution in [2.24, 2.45) is 5.92 Å². The van der Waals surface area contributed by atoms with Gasteiger partial charge in [-0.15, -0.1) is 11.3 Å². The first-order chi connectivity index (χ1) is 11.9. The molecule has 0 aliphatic rings. The van der Waals surface area contributed by atoms with Crippen LogP contribution in [0.15, 0.2) is 35.8 Å². The molecule has 1 atom stereocenters. The third-order valence-electron chi connectivity index (χ3n) is 3.36. The monoisotopic (exact) mass is 361 g/mol. The molecule has 2 aromatic rings. The fourth-order valence-corrected chi connectivity index (χ4v) is 2.75. The van der Waals surface area contributed by atoms with Gasteiger partial charge in [0.1, 0.15) is 6.04 Å². The average Bonchev–Trinajstić information content (AvgIpc) is 3.06. The van der Waals surface area contributed by atoms with Crippen molar-refractivity contribution in [3.05, 3.63) is 47.0 Å². The van der Waals surface area contributed by atoms with Crippen molar-refractivity contribution in [3.8, 4) is 0 Å². The van der Waals surface area contributed by atoms with E-state index in [9.17, 15) is 14.4 Å². The van der Waals surface area contributed by atoms with E-state index >= 15 is 0 Å². The van der Waals surface area contributed by atoms with Crippen LogP contribution in [0.1, 0.15) is 41.0 Å². The molecule has 1 heterocycles. The topological polar surface area (TPSA) is 108 Å². The molecular formula is C17H19N3O4S. The number of anilines is 1. The van der Waals surface area contributed by atoms with Crippen molar-refractivity contribution in [2.45, 2.75) is 26.3 Å². The summed E-state index contributed by atoms with van der Waals surface area (Å²) in [6, 6.07) is 4.94. The zero-order valence-electron chi connectivity index (χ0n) is 13.9. The van der Waals surface area contributed by atoms with Gasteiger partial charge in [0.25, 0.3) is 5.91 Å². The number of carbonyl (C=O) groups excluding carboxylic acids is 2. The smallest absolute Gasteiger partial charge is 0.335 e. The molecule has 0 saturated heterocycles. The molecule has 2 rings (SSSR count). The van der Waals surface area contributed by atoms with Crippen molar-refractivity contribution >= 4 is 34.3 Å². The van der Waals surface area contributed by atoms with Crippen LogP contribution in [0.25, 0.3) is 0 Å². The maximum atomic E-state index is 12.4. The van der Waals surface area contributed by atoms with Crippen LogP contribution in [-0.4, -0.2) is 33.9 Å². The number of hydrogen-bond donors (Lipinski definition) is 3. The molecule has 25 heavy (non-hydrogen) atoms. The largest absolute Gasteiger partial charge is 0.478 e. The van der Waals surface area contributed by atoms with E-state index in [2.05, 4.69) is 15.6 Å². The minimum atomic E-state index is -1.12. The second-order valence-corrected chi connectivity index (χ2v) is 6.76. The summed E-state index contributed by atoms with van der Waals surface area (Å²) in [7, 11) is 0. The highest BCUT2D eigenvalue weighted by Gasteiger charge is 2.23. The number of aromatic nitrogens is 1. The van der Waals surface area contributed by atoms with Gasteiger partial charge in [0.05, 0.1) is 5.56 Å². The zero-order chi connectivity index (χ0) is 18.4. The Morgan fingerprint density at radius 2 is 1.96 bits per heavy atom. The minimum Gasteiger partial charge on any atom is -0.478 e. The fourth-order valence-electron chi connectivity index (χ4n) is 2.22. The summed E-state index contributed by atoms with van der Waals surface area (Å²) >= 11 is 1.29. The molecule has 7 nitrogen and oxygen atoms in total. The highest BCUT2D eigenvalue weighted by molar-refractivity contribution is 7.13. The van der Waals surface area contributed by atoms with E-state index in [1.54, 1.807) is 11.6 Å². The van der Waals surface area contributed by atoms with Crippen LogP contribution in [0.3, 0.4) is 0 Å². The summed E-state index contributed by atoms with van der Waals surface area (Å²) in [5.74, 6) is -1.79. The van der Waals surface area contributed by atoms with Gasteiger partial charge in [0.2, 0.25) is 5.91 Å². The summed E-state index contributed by atoms with van der Waals surface area (Å²) in [5.41, 5.74) is 0.205. The number of aromatic carboxylic acids is 1. The molecule has 0 saturated carbocycles. The van der Waals surface area contributed by atoms with Gasteiger partial charge >= 0.3 is 5.97 Å². The van der Waals surface area contributed by atoms with Crippen LogP contribution >= 0.6 is 11.3 Å². The van der Waals surface area contributed by atoms with E-state index < -0.39 is 17.9 Å². The highest BCUT2D eigenvalue weighted by Crippen LogP contribution is 2.14. The maximum Gasteiger partial charge on any atom is 0.335 e. The molecular weight excluding hydrogens is 342 g/mol. The number of rotatable bonds is 7. The summed E-state index contributed by atoms with van der Waals surface area (Å²) in [6.45, 7) is 3.89. The Labute approximate surface area is 149 Å². The standard InChI is InChI=1S/C17H19N3O4S/c1-10(2)8-13(15(22)20-17-18-6-7-25-17)19-14(21)11-4-3-5-12(9-11)16(23)24/h3-7,9-10,13H,8H2,1-2H3,(H,19,21)(H,23,24)(H,18,20,22). The number of carboxylic acids is 1. The second-order valence-electron chi connectivity index (χ2n) is 5.87. The number of hydrogen-bond acceptors (Lipinski definition) is 5. The van der Waals surface area contributed by atoms with E-state index in [1.807, 2.05) is 13.8 Å². The summed E-state index contributed by atoms with van der Waals surface area (Å²) < 4.78 is 0. The molecule has 1 aromatic carbocycles. The SMILES string of the molecule is CC(C)CC(NC(=O)c1cccc(C(=O)O)c1)C(=O)Nc1nccs1. The molecule has 1 unspecified atom stereocenters. The minimum absolute atomic E-state index is 0.0142. The highest BCUT2D eigenvalue weighted by atomic mass is 32.1. The number of carboxylic acid groups (broad SMARTS) is 1. The Balaban J connectivity index is 2.12. The van der Waals surface area contributed by atoms with E-state index in [1.165, 1.54) is 35.6 Å². The van der Waals surface area contributed by atoms with Crippen molar-refractivity contribution < 1.29 is 19.5 Å². The van der Waals surface area contributed by atoms with E-state index in [0.29, 0.717) is 11.6 Å². The van der Waals surface area contributed by atoms with E-state index in [4.69, 9.17) is 5.11 Å². The van der Waals surface area contributed by atoms with Gasteiger partial charge in [0, 0.05) is 17.1 Å². The Morgan fingerprint density at radius 1 is 1.24 bits per heavy atom. The lowest BCUT2D eigenvalue weighted by Gasteiger charge is -2.19. The predicted octanol–water partition coefficient (Wildman–Crippen LogP) is 2.62. The van der Waals surface area contributed by atoms with Crippen molar-refractivity contribution in [2.75, 3.05) is 5.32 Å². The summed E-state index contributed by atoms with van der Waals surface area (Å²) in [6.07, 6.45) is 2.02. The molecule has 0 radical (unpaired) electrons. The van der Waals surface area contributed by atoms with Crippen molar-refractivity contribution in [1.82, 2.24) is 10.3 Å². The molecule has 1 aromatic heterocycles.